The predicted octanol–water partition coefficient (Wildman–Crippen LogP) is 2.62. The highest BCUT2D eigenvalue weighted by molar-refractivity contribution is 5.44. The molecule has 0 aliphatic rings. The lowest BCUT2D eigenvalue weighted by Gasteiger charge is -2.14. The summed E-state index contributed by atoms with van der Waals surface area (Å²) in [5.41, 5.74) is 3.72. The van der Waals surface area contributed by atoms with Crippen molar-refractivity contribution in [3.63, 3.8) is 0 Å². The van der Waals surface area contributed by atoms with E-state index in [1.165, 1.54) is 16.7 Å². The van der Waals surface area contributed by atoms with Crippen molar-refractivity contribution in [2.75, 3.05) is 33.4 Å². The second-order valence-electron chi connectivity index (χ2n) is 4.57. The Morgan fingerprint density at radius 1 is 1.00 bits per heavy atom. The van der Waals surface area contributed by atoms with Gasteiger partial charge in [0.15, 0.2) is 0 Å². The minimum Gasteiger partial charge on any atom is -0.493 e. The third kappa shape index (κ3) is 4.67. The molecule has 0 amide bonds. The summed E-state index contributed by atoms with van der Waals surface area (Å²) < 4.78 is 11.3. The lowest BCUT2D eigenvalue weighted by Crippen LogP contribution is -2.15. The zero-order valence-electron chi connectivity index (χ0n) is 12.0. The molecule has 0 heterocycles. The molecule has 0 saturated heterocycles. The van der Waals surface area contributed by atoms with Gasteiger partial charge < -0.3 is 14.8 Å². The molecule has 1 aromatic rings. The van der Waals surface area contributed by atoms with Gasteiger partial charge in [-0.15, -0.1) is 0 Å². The van der Waals surface area contributed by atoms with Gasteiger partial charge in [0.25, 0.3) is 0 Å². The summed E-state index contributed by atoms with van der Waals surface area (Å²) in [4.78, 5) is 0. The minimum atomic E-state index is 0.713. The fraction of sp³-hybridized carbons (Fsp3) is 0.600. The van der Waals surface area contributed by atoms with E-state index in [0.717, 1.165) is 31.9 Å². The third-order valence-electron chi connectivity index (χ3n) is 3.05. The summed E-state index contributed by atoms with van der Waals surface area (Å²) in [6, 6.07) is 4.25. The van der Waals surface area contributed by atoms with E-state index in [1.807, 2.05) is 7.05 Å². The number of likely N-dealkylation sites (N-methyl/N-ethyl adjacent to an activating group) is 1. The van der Waals surface area contributed by atoms with E-state index < -0.39 is 0 Å². The molecule has 0 aromatic heterocycles. The van der Waals surface area contributed by atoms with Gasteiger partial charge in [-0.3, -0.25) is 0 Å². The maximum Gasteiger partial charge on any atom is 0.125 e. The second kappa shape index (κ2) is 8.11. The van der Waals surface area contributed by atoms with Crippen LogP contribution in [0.1, 0.15) is 23.1 Å². The molecule has 102 valence electrons. The van der Waals surface area contributed by atoms with Crippen LogP contribution in [0.5, 0.6) is 5.75 Å². The molecular weight excluding hydrogens is 226 g/mol. The standard InChI is InChI=1S/C15H25NO2/c1-12-6-7-13(2)15(14(12)3)18-10-5-9-17-11-8-16-4/h6-7,16H,5,8-11H2,1-4H3. The molecule has 3 heteroatoms. The molecule has 1 N–H and O–H groups in total. The molecule has 1 aromatic carbocycles. The van der Waals surface area contributed by atoms with E-state index in [9.17, 15) is 0 Å². The van der Waals surface area contributed by atoms with Crippen LogP contribution in [0.4, 0.5) is 0 Å². The van der Waals surface area contributed by atoms with E-state index >= 15 is 0 Å². The number of nitrogens with one attached hydrogen (secondary N) is 1. The quantitative estimate of drug-likeness (QED) is 0.720. The van der Waals surface area contributed by atoms with Crippen molar-refractivity contribution in [3.8, 4) is 5.75 Å². The van der Waals surface area contributed by atoms with Crippen LogP contribution in [0.3, 0.4) is 0 Å². The number of ether oxygens (including phenoxy) is 2. The zero-order chi connectivity index (χ0) is 13.4. The Balaban J connectivity index is 2.29. The summed E-state index contributed by atoms with van der Waals surface area (Å²) >= 11 is 0. The summed E-state index contributed by atoms with van der Waals surface area (Å²) in [7, 11) is 1.93. The van der Waals surface area contributed by atoms with Gasteiger partial charge in [-0.25, -0.2) is 0 Å². The Morgan fingerprint density at radius 2 is 1.72 bits per heavy atom. The lowest BCUT2D eigenvalue weighted by molar-refractivity contribution is 0.122. The topological polar surface area (TPSA) is 30.5 Å². The van der Waals surface area contributed by atoms with Crippen LogP contribution in [-0.2, 0) is 4.74 Å². The van der Waals surface area contributed by atoms with Crippen LogP contribution < -0.4 is 10.1 Å². The minimum absolute atomic E-state index is 0.713. The fourth-order valence-corrected chi connectivity index (χ4v) is 1.76. The average Bonchev–Trinajstić information content (AvgIpc) is 2.36. The maximum atomic E-state index is 5.86. The van der Waals surface area contributed by atoms with Crippen molar-refractivity contribution in [3.05, 3.63) is 28.8 Å². The Bertz CT molecular complexity index is 364. The summed E-state index contributed by atoms with van der Waals surface area (Å²) in [6.07, 6.45) is 0.927. The van der Waals surface area contributed by atoms with Crippen molar-refractivity contribution < 1.29 is 9.47 Å². The highest BCUT2D eigenvalue weighted by Gasteiger charge is 2.05. The van der Waals surface area contributed by atoms with E-state index in [4.69, 9.17) is 9.47 Å². The smallest absolute Gasteiger partial charge is 0.125 e. The molecule has 18 heavy (non-hydrogen) atoms. The normalized spacial score (nSPS) is 10.7. The van der Waals surface area contributed by atoms with Gasteiger partial charge in [0.05, 0.1) is 13.2 Å². The molecule has 0 radical (unpaired) electrons. The van der Waals surface area contributed by atoms with Gasteiger partial charge in [-0.05, 0) is 44.5 Å². The predicted molar refractivity (Wildman–Crippen MR) is 75.5 cm³/mol. The van der Waals surface area contributed by atoms with Crippen molar-refractivity contribution in [1.29, 1.82) is 0 Å². The first-order valence-corrected chi connectivity index (χ1v) is 6.58. The van der Waals surface area contributed by atoms with Crippen molar-refractivity contribution in [1.82, 2.24) is 5.32 Å². The van der Waals surface area contributed by atoms with Crippen LogP contribution in [0.25, 0.3) is 0 Å². The van der Waals surface area contributed by atoms with Crippen LogP contribution in [0.2, 0.25) is 0 Å². The fourth-order valence-electron chi connectivity index (χ4n) is 1.76. The number of hydrogen-bond acceptors (Lipinski definition) is 3. The van der Waals surface area contributed by atoms with Gasteiger partial charge in [0, 0.05) is 19.6 Å². The van der Waals surface area contributed by atoms with E-state index in [1.54, 1.807) is 0 Å². The number of benzene rings is 1. The molecule has 0 aliphatic heterocycles. The van der Waals surface area contributed by atoms with Crippen molar-refractivity contribution >= 4 is 0 Å². The zero-order valence-corrected chi connectivity index (χ0v) is 12.0. The summed E-state index contributed by atoms with van der Waals surface area (Å²) in [6.45, 7) is 9.45. The van der Waals surface area contributed by atoms with E-state index in [0.29, 0.717) is 6.61 Å². The molecule has 0 bridgehead atoms. The molecule has 0 fully saturated rings. The third-order valence-corrected chi connectivity index (χ3v) is 3.05. The van der Waals surface area contributed by atoms with Gasteiger partial charge >= 0.3 is 0 Å². The summed E-state index contributed by atoms with van der Waals surface area (Å²) in [5, 5.41) is 3.05. The monoisotopic (exact) mass is 251 g/mol. The number of rotatable bonds is 8. The molecule has 0 atom stereocenters. The van der Waals surface area contributed by atoms with Gasteiger partial charge in [-0.1, -0.05) is 12.1 Å². The maximum absolute atomic E-state index is 5.86. The molecule has 0 aliphatic carbocycles. The SMILES string of the molecule is CNCCOCCCOc1c(C)ccc(C)c1C. The number of hydrogen-bond donors (Lipinski definition) is 1. The molecule has 3 nitrogen and oxygen atoms in total. The molecule has 0 unspecified atom stereocenters. The van der Waals surface area contributed by atoms with Crippen LogP contribution in [0, 0.1) is 20.8 Å². The number of aryl methyl sites for hydroxylation is 2. The van der Waals surface area contributed by atoms with Gasteiger partial charge in [-0.2, -0.15) is 0 Å². The van der Waals surface area contributed by atoms with E-state index in [-0.39, 0.29) is 0 Å². The van der Waals surface area contributed by atoms with Crippen molar-refractivity contribution in [2.24, 2.45) is 0 Å². The first-order valence-electron chi connectivity index (χ1n) is 6.58. The average molecular weight is 251 g/mol. The second-order valence-corrected chi connectivity index (χ2v) is 4.57. The first-order chi connectivity index (χ1) is 8.66. The largest absolute Gasteiger partial charge is 0.493 e. The van der Waals surface area contributed by atoms with Gasteiger partial charge in [0.2, 0.25) is 0 Å². The van der Waals surface area contributed by atoms with Crippen LogP contribution in [0.15, 0.2) is 12.1 Å². The first kappa shape index (κ1) is 15.0. The Kier molecular flexibility index (Phi) is 6.76. The van der Waals surface area contributed by atoms with Gasteiger partial charge in [0.1, 0.15) is 5.75 Å². The lowest BCUT2D eigenvalue weighted by atomic mass is 10.1. The van der Waals surface area contributed by atoms with Crippen LogP contribution in [-0.4, -0.2) is 33.4 Å². The molecule has 1 rings (SSSR count). The molecular formula is C15H25NO2. The Labute approximate surface area is 110 Å². The molecule has 0 spiro atoms. The van der Waals surface area contributed by atoms with Crippen LogP contribution >= 0.6 is 0 Å². The Morgan fingerprint density at radius 3 is 2.44 bits per heavy atom. The summed E-state index contributed by atoms with van der Waals surface area (Å²) in [5.74, 6) is 1.03. The van der Waals surface area contributed by atoms with E-state index in [2.05, 4.69) is 38.2 Å². The highest BCUT2D eigenvalue weighted by Crippen LogP contribution is 2.25. The van der Waals surface area contributed by atoms with Crippen molar-refractivity contribution in [2.45, 2.75) is 27.2 Å². The Hall–Kier alpha value is -1.06. The highest BCUT2D eigenvalue weighted by atomic mass is 16.5. The molecule has 0 saturated carbocycles.